The zero-order valence-electron chi connectivity index (χ0n) is 9.97. The third-order valence-corrected chi connectivity index (χ3v) is 3.11. The van der Waals surface area contributed by atoms with Gasteiger partial charge in [-0.2, -0.15) is 0 Å². The second kappa shape index (κ2) is 5.29. The van der Waals surface area contributed by atoms with Crippen LogP contribution in [0.25, 0.3) is 0 Å². The molecule has 0 bridgehead atoms. The fourth-order valence-corrected chi connectivity index (χ4v) is 2.34. The summed E-state index contributed by atoms with van der Waals surface area (Å²) in [5, 5.41) is 12.7. The Labute approximate surface area is 101 Å². The van der Waals surface area contributed by atoms with Crippen molar-refractivity contribution in [2.75, 3.05) is 19.6 Å². The van der Waals surface area contributed by atoms with Crippen LogP contribution in [0.15, 0.2) is 30.3 Å². The van der Waals surface area contributed by atoms with Crippen molar-refractivity contribution in [2.24, 2.45) is 0 Å². The lowest BCUT2D eigenvalue weighted by Crippen LogP contribution is -2.51. The van der Waals surface area contributed by atoms with Gasteiger partial charge in [-0.3, -0.25) is 9.69 Å². The average Bonchev–Trinajstić information content (AvgIpc) is 2.30. The molecule has 1 aromatic rings. The van der Waals surface area contributed by atoms with E-state index in [0.29, 0.717) is 6.04 Å². The van der Waals surface area contributed by atoms with Crippen LogP contribution in [-0.4, -0.2) is 41.7 Å². The van der Waals surface area contributed by atoms with Crippen molar-refractivity contribution in [2.45, 2.75) is 19.0 Å². The molecule has 1 aromatic carbocycles. The summed E-state index contributed by atoms with van der Waals surface area (Å²) in [6.07, 6.45) is 0. The summed E-state index contributed by atoms with van der Waals surface area (Å²) in [7, 11) is 0. The summed E-state index contributed by atoms with van der Waals surface area (Å²) in [5.41, 5.74) is 0.856. The largest absolute Gasteiger partial charge is 0.480 e. The zero-order chi connectivity index (χ0) is 12.3. The first kappa shape index (κ1) is 12.1. The van der Waals surface area contributed by atoms with Gasteiger partial charge in [0, 0.05) is 25.7 Å². The normalized spacial score (nSPS) is 23.2. The fourth-order valence-electron chi connectivity index (χ4n) is 2.34. The number of carbonyl (C=O) groups is 1. The highest BCUT2D eigenvalue weighted by atomic mass is 16.4. The molecule has 0 aliphatic carbocycles. The average molecular weight is 234 g/mol. The smallest absolute Gasteiger partial charge is 0.325 e. The van der Waals surface area contributed by atoms with Crippen molar-refractivity contribution in [3.63, 3.8) is 0 Å². The van der Waals surface area contributed by atoms with Crippen LogP contribution in [0.2, 0.25) is 0 Å². The maximum atomic E-state index is 11.4. The van der Waals surface area contributed by atoms with Crippen LogP contribution in [0.4, 0.5) is 0 Å². The molecule has 17 heavy (non-hydrogen) atoms. The van der Waals surface area contributed by atoms with E-state index in [1.54, 1.807) is 0 Å². The standard InChI is InChI=1S/C13H18N2O2/c1-10-9-15(8-7-14-10)12(13(16)17)11-5-3-2-4-6-11/h2-6,10,12,14H,7-9H2,1H3,(H,16,17)/t10-,12-/m1/s1. The van der Waals surface area contributed by atoms with Crippen LogP contribution in [-0.2, 0) is 4.79 Å². The molecule has 2 rings (SSSR count). The maximum absolute atomic E-state index is 11.4. The van der Waals surface area contributed by atoms with Crippen LogP contribution in [0.1, 0.15) is 18.5 Å². The first-order valence-electron chi connectivity index (χ1n) is 5.93. The number of hydrogen-bond donors (Lipinski definition) is 2. The van der Waals surface area contributed by atoms with Gasteiger partial charge in [0.2, 0.25) is 0 Å². The molecule has 0 unspecified atom stereocenters. The van der Waals surface area contributed by atoms with Gasteiger partial charge in [-0.15, -0.1) is 0 Å². The molecule has 1 fully saturated rings. The van der Waals surface area contributed by atoms with E-state index in [-0.39, 0.29) is 0 Å². The van der Waals surface area contributed by atoms with Gasteiger partial charge in [-0.25, -0.2) is 0 Å². The summed E-state index contributed by atoms with van der Waals surface area (Å²) < 4.78 is 0. The Balaban J connectivity index is 2.20. The molecule has 1 aliphatic rings. The van der Waals surface area contributed by atoms with Gasteiger partial charge in [0.25, 0.3) is 0 Å². The van der Waals surface area contributed by atoms with Crippen molar-refractivity contribution in [1.29, 1.82) is 0 Å². The monoisotopic (exact) mass is 234 g/mol. The molecule has 1 saturated heterocycles. The molecule has 0 spiro atoms. The van der Waals surface area contributed by atoms with Crippen LogP contribution < -0.4 is 5.32 Å². The number of carboxylic acids is 1. The molecule has 0 radical (unpaired) electrons. The van der Waals surface area contributed by atoms with Crippen LogP contribution >= 0.6 is 0 Å². The van der Waals surface area contributed by atoms with E-state index in [2.05, 4.69) is 12.2 Å². The quantitative estimate of drug-likeness (QED) is 0.822. The first-order chi connectivity index (χ1) is 8.18. The van der Waals surface area contributed by atoms with E-state index in [1.165, 1.54) is 0 Å². The Hall–Kier alpha value is -1.39. The summed E-state index contributed by atoms with van der Waals surface area (Å²) >= 11 is 0. The number of aliphatic carboxylic acids is 1. The van der Waals surface area contributed by atoms with Gasteiger partial charge in [0.1, 0.15) is 6.04 Å². The van der Waals surface area contributed by atoms with E-state index in [4.69, 9.17) is 0 Å². The number of nitrogens with zero attached hydrogens (tertiary/aromatic N) is 1. The SMILES string of the molecule is C[C@@H]1CN([C@@H](C(=O)O)c2ccccc2)CCN1. The highest BCUT2D eigenvalue weighted by molar-refractivity contribution is 5.75. The number of hydrogen-bond acceptors (Lipinski definition) is 3. The molecule has 4 nitrogen and oxygen atoms in total. The number of piperazine rings is 1. The molecule has 1 aliphatic heterocycles. The number of carboxylic acid groups (broad SMARTS) is 1. The van der Waals surface area contributed by atoms with E-state index < -0.39 is 12.0 Å². The molecule has 0 saturated carbocycles. The summed E-state index contributed by atoms with van der Waals surface area (Å²) in [5.74, 6) is -0.773. The van der Waals surface area contributed by atoms with E-state index in [9.17, 15) is 9.90 Å². The Bertz CT molecular complexity index is 380. The van der Waals surface area contributed by atoms with E-state index in [0.717, 1.165) is 25.2 Å². The maximum Gasteiger partial charge on any atom is 0.325 e. The van der Waals surface area contributed by atoms with Gasteiger partial charge in [0.05, 0.1) is 0 Å². The lowest BCUT2D eigenvalue weighted by Gasteiger charge is -2.35. The van der Waals surface area contributed by atoms with Crippen LogP contribution in [0.3, 0.4) is 0 Å². The van der Waals surface area contributed by atoms with Crippen molar-refractivity contribution in [1.82, 2.24) is 10.2 Å². The van der Waals surface area contributed by atoms with E-state index >= 15 is 0 Å². The highest BCUT2D eigenvalue weighted by Gasteiger charge is 2.29. The Morgan fingerprint density at radius 3 is 2.76 bits per heavy atom. The van der Waals surface area contributed by atoms with Gasteiger partial charge in [-0.05, 0) is 12.5 Å². The number of nitrogens with one attached hydrogen (secondary N) is 1. The summed E-state index contributed by atoms with van der Waals surface area (Å²) in [6, 6.07) is 9.25. The lowest BCUT2D eigenvalue weighted by atomic mass is 10.0. The molecule has 4 heteroatoms. The molecular formula is C13H18N2O2. The molecule has 2 N–H and O–H groups in total. The van der Waals surface area contributed by atoms with Gasteiger partial charge < -0.3 is 10.4 Å². The second-order valence-corrected chi connectivity index (χ2v) is 4.50. The molecule has 92 valence electrons. The zero-order valence-corrected chi connectivity index (χ0v) is 9.97. The van der Waals surface area contributed by atoms with Gasteiger partial charge in [0.15, 0.2) is 0 Å². The number of benzene rings is 1. The first-order valence-corrected chi connectivity index (χ1v) is 5.93. The van der Waals surface area contributed by atoms with Crippen molar-refractivity contribution in [3.8, 4) is 0 Å². The Morgan fingerprint density at radius 1 is 1.47 bits per heavy atom. The lowest BCUT2D eigenvalue weighted by molar-refractivity contribution is -0.144. The van der Waals surface area contributed by atoms with Gasteiger partial charge in [-0.1, -0.05) is 30.3 Å². The minimum absolute atomic E-state index is 0.342. The second-order valence-electron chi connectivity index (χ2n) is 4.50. The number of rotatable bonds is 3. The summed E-state index contributed by atoms with van der Waals surface area (Å²) in [6.45, 7) is 4.47. The third kappa shape index (κ3) is 2.84. The topological polar surface area (TPSA) is 52.6 Å². The molecule has 0 amide bonds. The van der Waals surface area contributed by atoms with Crippen molar-refractivity contribution in [3.05, 3.63) is 35.9 Å². The van der Waals surface area contributed by atoms with Gasteiger partial charge >= 0.3 is 5.97 Å². The van der Waals surface area contributed by atoms with Crippen LogP contribution in [0, 0.1) is 0 Å². The predicted octanol–water partition coefficient (Wildman–Crippen LogP) is 1.11. The van der Waals surface area contributed by atoms with Crippen LogP contribution in [0.5, 0.6) is 0 Å². The minimum atomic E-state index is -0.773. The molecule has 2 atom stereocenters. The third-order valence-electron chi connectivity index (χ3n) is 3.11. The Morgan fingerprint density at radius 2 is 2.18 bits per heavy atom. The molecule has 1 heterocycles. The van der Waals surface area contributed by atoms with E-state index in [1.807, 2.05) is 35.2 Å². The molecular weight excluding hydrogens is 216 g/mol. The van der Waals surface area contributed by atoms with Crippen molar-refractivity contribution < 1.29 is 9.90 Å². The highest BCUT2D eigenvalue weighted by Crippen LogP contribution is 2.22. The van der Waals surface area contributed by atoms with Crippen molar-refractivity contribution >= 4 is 5.97 Å². The predicted molar refractivity (Wildman–Crippen MR) is 65.9 cm³/mol. The fraction of sp³-hybridized carbons (Fsp3) is 0.462. The summed E-state index contributed by atoms with van der Waals surface area (Å²) in [4.78, 5) is 13.5. The minimum Gasteiger partial charge on any atom is -0.480 e. The Kier molecular flexibility index (Phi) is 3.76. The molecule has 0 aromatic heterocycles.